The van der Waals surface area contributed by atoms with Crippen molar-refractivity contribution in [1.82, 2.24) is 14.5 Å². The predicted molar refractivity (Wildman–Crippen MR) is 86.4 cm³/mol. The first-order chi connectivity index (χ1) is 10.4. The summed E-state index contributed by atoms with van der Waals surface area (Å²) in [5.74, 6) is 1.00. The molecule has 0 bridgehead atoms. The minimum Gasteiger partial charge on any atom is -0.356 e. The standard InChI is InChI=1S/C17H24N4/c1-2-18-17-19-10-12-21(17)16-9-6-11-20(14-16)13-15-7-4-3-5-8-15/h3-5,7-8,10,12,16H,2,6,9,11,13-14H2,1H3,(H,18,19). The van der Waals surface area contributed by atoms with E-state index in [0.717, 1.165) is 25.6 Å². The largest absolute Gasteiger partial charge is 0.356 e. The zero-order valence-electron chi connectivity index (χ0n) is 12.7. The maximum Gasteiger partial charge on any atom is 0.203 e. The van der Waals surface area contributed by atoms with Gasteiger partial charge in [0.1, 0.15) is 0 Å². The molecular weight excluding hydrogens is 260 g/mol. The molecule has 1 aromatic heterocycles. The summed E-state index contributed by atoms with van der Waals surface area (Å²) in [5.41, 5.74) is 1.40. The molecule has 0 spiro atoms. The maximum absolute atomic E-state index is 4.42. The van der Waals surface area contributed by atoms with Crippen molar-refractivity contribution in [2.45, 2.75) is 32.4 Å². The normalized spacial score (nSPS) is 19.6. The second-order valence-corrected chi connectivity index (χ2v) is 5.71. The molecule has 1 unspecified atom stereocenters. The molecule has 2 aromatic rings. The van der Waals surface area contributed by atoms with Crippen molar-refractivity contribution < 1.29 is 0 Å². The van der Waals surface area contributed by atoms with Crippen LogP contribution in [0, 0.1) is 0 Å². The summed E-state index contributed by atoms with van der Waals surface area (Å²) in [5, 5.41) is 3.35. The highest BCUT2D eigenvalue weighted by molar-refractivity contribution is 5.26. The van der Waals surface area contributed by atoms with Crippen molar-refractivity contribution in [3.8, 4) is 0 Å². The van der Waals surface area contributed by atoms with Crippen LogP contribution in [0.4, 0.5) is 5.95 Å². The highest BCUT2D eigenvalue weighted by Gasteiger charge is 2.22. The van der Waals surface area contributed by atoms with E-state index in [1.54, 1.807) is 0 Å². The second-order valence-electron chi connectivity index (χ2n) is 5.71. The molecule has 1 aromatic carbocycles. The fraction of sp³-hybridized carbons (Fsp3) is 0.471. The van der Waals surface area contributed by atoms with Gasteiger partial charge in [-0.05, 0) is 31.9 Å². The van der Waals surface area contributed by atoms with Gasteiger partial charge in [-0.3, -0.25) is 4.90 Å². The van der Waals surface area contributed by atoms with E-state index in [9.17, 15) is 0 Å². The Labute approximate surface area is 126 Å². The lowest BCUT2D eigenvalue weighted by Crippen LogP contribution is -2.36. The van der Waals surface area contributed by atoms with Crippen molar-refractivity contribution in [3.05, 3.63) is 48.3 Å². The van der Waals surface area contributed by atoms with Gasteiger partial charge in [0, 0.05) is 38.1 Å². The molecule has 0 amide bonds. The van der Waals surface area contributed by atoms with Crippen LogP contribution in [0.5, 0.6) is 0 Å². The Kier molecular flexibility index (Phi) is 4.55. The third-order valence-corrected chi connectivity index (χ3v) is 4.13. The van der Waals surface area contributed by atoms with E-state index in [1.807, 2.05) is 6.20 Å². The first-order valence-corrected chi connectivity index (χ1v) is 7.90. The molecule has 0 radical (unpaired) electrons. The van der Waals surface area contributed by atoms with E-state index in [2.05, 4.69) is 63.2 Å². The number of likely N-dealkylation sites (tertiary alicyclic amines) is 1. The van der Waals surface area contributed by atoms with Gasteiger partial charge in [0.05, 0.1) is 0 Å². The van der Waals surface area contributed by atoms with Gasteiger partial charge < -0.3 is 9.88 Å². The molecule has 0 saturated carbocycles. The summed E-state index contributed by atoms with van der Waals surface area (Å²) < 4.78 is 2.31. The number of nitrogens with one attached hydrogen (secondary N) is 1. The van der Waals surface area contributed by atoms with E-state index < -0.39 is 0 Å². The van der Waals surface area contributed by atoms with E-state index in [0.29, 0.717) is 6.04 Å². The number of benzene rings is 1. The molecule has 3 rings (SSSR count). The SMILES string of the molecule is CCNc1nccn1C1CCCN(Cc2ccccc2)C1. The number of hydrogen-bond donors (Lipinski definition) is 1. The molecule has 21 heavy (non-hydrogen) atoms. The van der Waals surface area contributed by atoms with Crippen LogP contribution in [0.2, 0.25) is 0 Å². The van der Waals surface area contributed by atoms with Crippen molar-refractivity contribution >= 4 is 5.95 Å². The first-order valence-electron chi connectivity index (χ1n) is 7.90. The smallest absolute Gasteiger partial charge is 0.203 e. The molecular formula is C17H24N4. The number of anilines is 1. The van der Waals surface area contributed by atoms with Gasteiger partial charge in [-0.25, -0.2) is 4.98 Å². The summed E-state index contributed by atoms with van der Waals surface area (Å²) >= 11 is 0. The van der Waals surface area contributed by atoms with Crippen molar-refractivity contribution in [3.63, 3.8) is 0 Å². The number of rotatable bonds is 5. The third-order valence-electron chi connectivity index (χ3n) is 4.13. The fourth-order valence-corrected chi connectivity index (χ4v) is 3.15. The Balaban J connectivity index is 1.66. The van der Waals surface area contributed by atoms with Gasteiger partial charge in [-0.2, -0.15) is 0 Å². The lowest BCUT2D eigenvalue weighted by molar-refractivity contribution is 0.171. The molecule has 1 N–H and O–H groups in total. The molecule has 1 aliphatic heterocycles. The maximum atomic E-state index is 4.42. The quantitative estimate of drug-likeness (QED) is 0.915. The zero-order valence-corrected chi connectivity index (χ0v) is 12.7. The average molecular weight is 284 g/mol. The number of imidazole rings is 1. The second kappa shape index (κ2) is 6.76. The summed E-state index contributed by atoms with van der Waals surface area (Å²) in [7, 11) is 0. The molecule has 112 valence electrons. The molecule has 4 nitrogen and oxygen atoms in total. The average Bonchev–Trinajstić information content (AvgIpc) is 2.97. The summed E-state index contributed by atoms with van der Waals surface area (Å²) in [6.45, 7) is 6.36. The van der Waals surface area contributed by atoms with E-state index in [4.69, 9.17) is 0 Å². The minimum atomic E-state index is 0.527. The molecule has 1 atom stereocenters. The van der Waals surface area contributed by atoms with Crippen LogP contribution in [0.3, 0.4) is 0 Å². The number of aromatic nitrogens is 2. The minimum absolute atomic E-state index is 0.527. The predicted octanol–water partition coefficient (Wildman–Crippen LogP) is 3.15. The Hall–Kier alpha value is -1.81. The Morgan fingerprint density at radius 3 is 2.95 bits per heavy atom. The van der Waals surface area contributed by atoms with E-state index in [1.165, 1.54) is 24.9 Å². The summed E-state index contributed by atoms with van der Waals surface area (Å²) in [6, 6.07) is 11.3. The van der Waals surface area contributed by atoms with Crippen LogP contribution in [0.1, 0.15) is 31.4 Å². The number of nitrogens with zero attached hydrogens (tertiary/aromatic N) is 3. The van der Waals surface area contributed by atoms with Crippen molar-refractivity contribution in [2.75, 3.05) is 25.0 Å². The summed E-state index contributed by atoms with van der Waals surface area (Å²) in [6.07, 6.45) is 6.49. The van der Waals surface area contributed by atoms with Crippen molar-refractivity contribution in [1.29, 1.82) is 0 Å². The van der Waals surface area contributed by atoms with Crippen LogP contribution < -0.4 is 5.32 Å². The van der Waals surface area contributed by atoms with Crippen LogP contribution in [0.15, 0.2) is 42.7 Å². The van der Waals surface area contributed by atoms with Gasteiger partial charge in [-0.15, -0.1) is 0 Å². The summed E-state index contributed by atoms with van der Waals surface area (Å²) in [4.78, 5) is 6.98. The van der Waals surface area contributed by atoms with E-state index in [-0.39, 0.29) is 0 Å². The van der Waals surface area contributed by atoms with Crippen molar-refractivity contribution in [2.24, 2.45) is 0 Å². The molecule has 1 fully saturated rings. The monoisotopic (exact) mass is 284 g/mol. The Morgan fingerprint density at radius 1 is 1.29 bits per heavy atom. The topological polar surface area (TPSA) is 33.1 Å². The van der Waals surface area contributed by atoms with Gasteiger partial charge in [-0.1, -0.05) is 30.3 Å². The Bertz CT molecular complexity index is 549. The molecule has 2 heterocycles. The lowest BCUT2D eigenvalue weighted by Gasteiger charge is -2.34. The van der Waals surface area contributed by atoms with Gasteiger partial charge >= 0.3 is 0 Å². The van der Waals surface area contributed by atoms with Crippen LogP contribution in [-0.2, 0) is 6.54 Å². The zero-order chi connectivity index (χ0) is 14.5. The van der Waals surface area contributed by atoms with Gasteiger partial charge in [0.2, 0.25) is 5.95 Å². The van der Waals surface area contributed by atoms with Crippen LogP contribution in [-0.4, -0.2) is 34.1 Å². The van der Waals surface area contributed by atoms with Gasteiger partial charge in [0.15, 0.2) is 0 Å². The lowest BCUT2D eigenvalue weighted by atomic mass is 10.0. The first kappa shape index (κ1) is 14.1. The Morgan fingerprint density at radius 2 is 2.14 bits per heavy atom. The fourth-order valence-electron chi connectivity index (χ4n) is 3.15. The highest BCUT2D eigenvalue weighted by atomic mass is 15.2. The van der Waals surface area contributed by atoms with Gasteiger partial charge in [0.25, 0.3) is 0 Å². The van der Waals surface area contributed by atoms with Crippen LogP contribution in [0.25, 0.3) is 0 Å². The number of piperidine rings is 1. The molecule has 1 aliphatic rings. The third kappa shape index (κ3) is 3.45. The molecule has 4 heteroatoms. The highest BCUT2D eigenvalue weighted by Crippen LogP contribution is 2.25. The molecule has 1 saturated heterocycles. The van der Waals surface area contributed by atoms with Crippen LogP contribution >= 0.6 is 0 Å². The van der Waals surface area contributed by atoms with E-state index >= 15 is 0 Å². The number of hydrogen-bond acceptors (Lipinski definition) is 3. The molecule has 0 aliphatic carbocycles.